The van der Waals surface area contributed by atoms with Crippen molar-refractivity contribution in [3.63, 3.8) is 0 Å². The molecule has 0 amide bonds. The molecule has 0 spiro atoms. The molecule has 0 radical (unpaired) electrons. The van der Waals surface area contributed by atoms with Crippen LogP contribution in [0.25, 0.3) is 0 Å². The first-order valence-electron chi connectivity index (χ1n) is 5.94. The minimum atomic E-state index is -0.142. The number of piperidine rings is 1. The van der Waals surface area contributed by atoms with Gasteiger partial charge in [0.15, 0.2) is 0 Å². The van der Waals surface area contributed by atoms with Gasteiger partial charge in [-0.05, 0) is 36.5 Å². The quantitative estimate of drug-likeness (QED) is 0.833. The summed E-state index contributed by atoms with van der Waals surface area (Å²) in [4.78, 5) is 2.14. The largest absolute Gasteiger partial charge is 0.369 e. The van der Waals surface area contributed by atoms with Gasteiger partial charge in [0.2, 0.25) is 0 Å². The Bertz CT molecular complexity index is 365. The molecule has 0 bridgehead atoms. The zero-order chi connectivity index (χ0) is 11.5. The van der Waals surface area contributed by atoms with E-state index < -0.39 is 0 Å². The lowest BCUT2D eigenvalue weighted by Gasteiger charge is -2.33. The number of benzene rings is 1. The molecule has 1 aliphatic rings. The van der Waals surface area contributed by atoms with E-state index in [1.54, 1.807) is 6.07 Å². The Morgan fingerprint density at radius 2 is 2.31 bits per heavy atom. The van der Waals surface area contributed by atoms with Crippen molar-refractivity contribution in [1.82, 2.24) is 0 Å². The highest BCUT2D eigenvalue weighted by atomic mass is 19.1. The van der Waals surface area contributed by atoms with Crippen LogP contribution in [0.3, 0.4) is 0 Å². The van der Waals surface area contributed by atoms with Crippen molar-refractivity contribution < 1.29 is 4.39 Å². The van der Waals surface area contributed by atoms with E-state index in [0.29, 0.717) is 12.5 Å². The summed E-state index contributed by atoms with van der Waals surface area (Å²) in [6.07, 6.45) is 2.40. The second-order valence-electron chi connectivity index (χ2n) is 4.68. The van der Waals surface area contributed by atoms with Gasteiger partial charge in [0.1, 0.15) is 5.82 Å². The number of nitrogens with zero attached hydrogens (tertiary/aromatic N) is 1. The second-order valence-corrected chi connectivity index (χ2v) is 4.68. The predicted molar refractivity (Wildman–Crippen MR) is 64.9 cm³/mol. The Balaban J connectivity index is 2.19. The van der Waals surface area contributed by atoms with Crippen molar-refractivity contribution in [2.24, 2.45) is 11.7 Å². The molecule has 3 heteroatoms. The third kappa shape index (κ3) is 2.35. The van der Waals surface area contributed by atoms with Crippen molar-refractivity contribution in [3.8, 4) is 0 Å². The van der Waals surface area contributed by atoms with Gasteiger partial charge in [-0.25, -0.2) is 4.39 Å². The monoisotopic (exact) mass is 222 g/mol. The van der Waals surface area contributed by atoms with Crippen molar-refractivity contribution in [3.05, 3.63) is 29.6 Å². The van der Waals surface area contributed by atoms with E-state index in [-0.39, 0.29) is 5.82 Å². The van der Waals surface area contributed by atoms with E-state index in [1.807, 2.05) is 12.1 Å². The topological polar surface area (TPSA) is 29.3 Å². The molecule has 1 saturated heterocycles. The molecule has 0 saturated carbocycles. The van der Waals surface area contributed by atoms with Crippen molar-refractivity contribution in [2.45, 2.75) is 26.3 Å². The summed E-state index contributed by atoms with van der Waals surface area (Å²) in [5, 5.41) is 0. The zero-order valence-electron chi connectivity index (χ0n) is 9.75. The first kappa shape index (κ1) is 11.4. The first-order chi connectivity index (χ1) is 7.70. The highest BCUT2D eigenvalue weighted by Gasteiger charge is 2.18. The average molecular weight is 222 g/mol. The summed E-state index contributed by atoms with van der Waals surface area (Å²) < 4.78 is 13.9. The van der Waals surface area contributed by atoms with E-state index in [0.717, 1.165) is 30.8 Å². The summed E-state index contributed by atoms with van der Waals surface area (Å²) in [7, 11) is 0. The molecule has 1 aliphatic heterocycles. The molecule has 88 valence electrons. The molecule has 2 rings (SSSR count). The van der Waals surface area contributed by atoms with Crippen LogP contribution in [0.15, 0.2) is 18.2 Å². The Morgan fingerprint density at radius 1 is 1.50 bits per heavy atom. The number of hydrogen-bond donors (Lipinski definition) is 1. The van der Waals surface area contributed by atoms with Gasteiger partial charge in [0, 0.05) is 19.6 Å². The van der Waals surface area contributed by atoms with Crippen LogP contribution in [0.2, 0.25) is 0 Å². The fraction of sp³-hybridized carbons (Fsp3) is 0.538. The minimum absolute atomic E-state index is 0.142. The number of halogens is 1. The Kier molecular flexibility index (Phi) is 3.44. The van der Waals surface area contributed by atoms with Crippen molar-refractivity contribution in [1.29, 1.82) is 0 Å². The summed E-state index contributed by atoms with van der Waals surface area (Å²) in [5.41, 5.74) is 7.07. The van der Waals surface area contributed by atoms with E-state index in [9.17, 15) is 4.39 Å². The van der Waals surface area contributed by atoms with Gasteiger partial charge in [-0.2, -0.15) is 0 Å². The van der Waals surface area contributed by atoms with Gasteiger partial charge in [-0.1, -0.05) is 13.0 Å². The minimum Gasteiger partial charge on any atom is -0.369 e. The van der Waals surface area contributed by atoms with Gasteiger partial charge >= 0.3 is 0 Å². The second kappa shape index (κ2) is 4.83. The fourth-order valence-electron chi connectivity index (χ4n) is 2.34. The molecule has 2 nitrogen and oxygen atoms in total. The molecule has 1 heterocycles. The molecule has 0 aliphatic carbocycles. The lowest BCUT2D eigenvalue weighted by Crippen LogP contribution is -2.34. The summed E-state index contributed by atoms with van der Waals surface area (Å²) in [6, 6.07) is 5.32. The van der Waals surface area contributed by atoms with Crippen LogP contribution in [0.5, 0.6) is 0 Å². The Morgan fingerprint density at radius 3 is 2.94 bits per heavy atom. The lowest BCUT2D eigenvalue weighted by atomic mass is 9.99. The maximum atomic E-state index is 13.9. The molecule has 1 fully saturated rings. The highest BCUT2D eigenvalue weighted by molar-refractivity contribution is 5.49. The maximum Gasteiger partial charge on any atom is 0.146 e. The van der Waals surface area contributed by atoms with Crippen LogP contribution in [0.1, 0.15) is 25.3 Å². The fourth-order valence-corrected chi connectivity index (χ4v) is 2.34. The van der Waals surface area contributed by atoms with E-state index in [2.05, 4.69) is 11.8 Å². The van der Waals surface area contributed by atoms with Gasteiger partial charge < -0.3 is 10.6 Å². The third-order valence-electron chi connectivity index (χ3n) is 3.25. The average Bonchev–Trinajstić information content (AvgIpc) is 2.28. The number of anilines is 1. The smallest absolute Gasteiger partial charge is 0.146 e. The van der Waals surface area contributed by atoms with Gasteiger partial charge in [0.25, 0.3) is 0 Å². The summed E-state index contributed by atoms with van der Waals surface area (Å²) >= 11 is 0. The molecule has 0 aromatic heterocycles. The number of hydrogen-bond acceptors (Lipinski definition) is 2. The third-order valence-corrected chi connectivity index (χ3v) is 3.25. The summed E-state index contributed by atoms with van der Waals surface area (Å²) in [5.74, 6) is 0.513. The lowest BCUT2D eigenvalue weighted by molar-refractivity contribution is 0.442. The SMILES string of the molecule is CC1CCCN(c2ccc(CN)cc2F)C1. The van der Waals surface area contributed by atoms with Crippen LogP contribution < -0.4 is 10.6 Å². The Labute approximate surface area is 96.2 Å². The summed E-state index contributed by atoms with van der Waals surface area (Å²) in [6.45, 7) is 4.54. The molecule has 1 aromatic rings. The van der Waals surface area contributed by atoms with Gasteiger partial charge in [-0.15, -0.1) is 0 Å². The molecule has 2 N–H and O–H groups in total. The maximum absolute atomic E-state index is 13.9. The molecule has 1 aromatic carbocycles. The molecular formula is C13H19FN2. The molecular weight excluding hydrogens is 203 g/mol. The standard InChI is InChI=1S/C13H19FN2/c1-10-3-2-6-16(9-10)13-5-4-11(8-15)7-12(13)14/h4-5,7,10H,2-3,6,8-9,15H2,1H3. The van der Waals surface area contributed by atoms with Gasteiger partial charge in [-0.3, -0.25) is 0 Å². The molecule has 1 unspecified atom stereocenters. The van der Waals surface area contributed by atoms with Crippen LogP contribution in [-0.2, 0) is 6.54 Å². The van der Waals surface area contributed by atoms with Gasteiger partial charge in [0.05, 0.1) is 5.69 Å². The molecule has 1 atom stereocenters. The number of rotatable bonds is 2. The highest BCUT2D eigenvalue weighted by Crippen LogP contribution is 2.25. The number of nitrogens with two attached hydrogens (primary N) is 1. The zero-order valence-corrected chi connectivity index (χ0v) is 9.75. The van der Waals surface area contributed by atoms with Crippen molar-refractivity contribution in [2.75, 3.05) is 18.0 Å². The van der Waals surface area contributed by atoms with E-state index in [1.165, 1.54) is 6.42 Å². The van der Waals surface area contributed by atoms with Crippen molar-refractivity contribution >= 4 is 5.69 Å². The molecule has 16 heavy (non-hydrogen) atoms. The Hall–Kier alpha value is -1.09. The normalized spacial score (nSPS) is 21.2. The van der Waals surface area contributed by atoms with Crippen LogP contribution in [0.4, 0.5) is 10.1 Å². The van der Waals surface area contributed by atoms with Crippen LogP contribution in [-0.4, -0.2) is 13.1 Å². The van der Waals surface area contributed by atoms with E-state index >= 15 is 0 Å². The predicted octanol–water partition coefficient (Wildman–Crippen LogP) is 2.52. The van der Waals surface area contributed by atoms with Crippen LogP contribution in [0, 0.1) is 11.7 Å². The van der Waals surface area contributed by atoms with Crippen LogP contribution >= 0.6 is 0 Å². The van der Waals surface area contributed by atoms with E-state index in [4.69, 9.17) is 5.73 Å². The first-order valence-corrected chi connectivity index (χ1v) is 5.94.